The summed E-state index contributed by atoms with van der Waals surface area (Å²) in [6, 6.07) is 6.08. The minimum atomic E-state index is -0.195. The number of fused-ring (bicyclic) bond motifs is 1. The van der Waals surface area contributed by atoms with Crippen molar-refractivity contribution in [3.8, 4) is 5.75 Å². The fraction of sp³-hybridized carbons (Fsp3) is 0.438. The molecule has 2 aliphatic rings. The molecule has 0 bridgehead atoms. The molecule has 1 saturated carbocycles. The summed E-state index contributed by atoms with van der Waals surface area (Å²) in [4.78, 5) is 11.9. The lowest BCUT2D eigenvalue weighted by molar-refractivity contribution is -0.118. The Hall–Kier alpha value is -1.95. The number of amides is 1. The van der Waals surface area contributed by atoms with E-state index in [0.717, 1.165) is 23.6 Å². The van der Waals surface area contributed by atoms with Crippen molar-refractivity contribution in [2.24, 2.45) is 0 Å². The molecule has 2 aliphatic carbocycles. The number of rotatable bonds is 5. The van der Waals surface area contributed by atoms with Crippen molar-refractivity contribution in [3.63, 3.8) is 0 Å². The van der Waals surface area contributed by atoms with E-state index in [1.807, 2.05) is 12.1 Å². The van der Waals surface area contributed by atoms with E-state index >= 15 is 0 Å². The molecule has 22 heavy (non-hydrogen) atoms. The van der Waals surface area contributed by atoms with Crippen LogP contribution in [0.5, 0.6) is 5.75 Å². The van der Waals surface area contributed by atoms with E-state index in [1.54, 1.807) is 0 Å². The number of nitrogens with one attached hydrogen (secondary N) is 1. The second kappa shape index (κ2) is 5.68. The van der Waals surface area contributed by atoms with Gasteiger partial charge in [-0.15, -0.1) is 10.2 Å². The lowest BCUT2D eigenvalue weighted by Crippen LogP contribution is -2.20. The molecule has 0 saturated heterocycles. The number of benzene rings is 1. The van der Waals surface area contributed by atoms with Crippen LogP contribution in [0.3, 0.4) is 0 Å². The van der Waals surface area contributed by atoms with Crippen LogP contribution in [-0.2, 0) is 17.6 Å². The first-order chi connectivity index (χ1) is 10.8. The highest BCUT2D eigenvalue weighted by molar-refractivity contribution is 7.15. The van der Waals surface area contributed by atoms with Crippen LogP contribution in [0.2, 0.25) is 0 Å². The van der Waals surface area contributed by atoms with Crippen molar-refractivity contribution >= 4 is 22.4 Å². The molecule has 2 aromatic rings. The molecule has 0 radical (unpaired) electrons. The molecule has 6 heteroatoms. The highest BCUT2D eigenvalue weighted by atomic mass is 32.1. The van der Waals surface area contributed by atoms with Crippen LogP contribution in [-0.4, -0.2) is 22.7 Å². The van der Waals surface area contributed by atoms with E-state index in [9.17, 15) is 4.79 Å². The largest absolute Gasteiger partial charge is 0.484 e. The summed E-state index contributed by atoms with van der Waals surface area (Å²) in [5.74, 6) is 1.12. The number of hydrogen-bond acceptors (Lipinski definition) is 5. The van der Waals surface area contributed by atoms with Crippen LogP contribution >= 0.6 is 11.3 Å². The van der Waals surface area contributed by atoms with Gasteiger partial charge in [-0.2, -0.15) is 0 Å². The molecule has 1 heterocycles. The molecule has 0 spiro atoms. The quantitative estimate of drug-likeness (QED) is 0.921. The van der Waals surface area contributed by atoms with Gasteiger partial charge >= 0.3 is 0 Å². The average molecular weight is 315 g/mol. The summed E-state index contributed by atoms with van der Waals surface area (Å²) in [6.45, 7) is -0.00285. The molecule has 1 N–H and O–H groups in total. The first-order valence-electron chi connectivity index (χ1n) is 7.66. The number of aryl methyl sites for hydroxylation is 2. The average Bonchev–Trinajstić information content (AvgIpc) is 3.08. The van der Waals surface area contributed by atoms with Gasteiger partial charge in [-0.3, -0.25) is 10.1 Å². The number of ether oxygens (including phenoxy) is 1. The van der Waals surface area contributed by atoms with Crippen LogP contribution in [0.4, 0.5) is 5.13 Å². The maximum atomic E-state index is 11.9. The molecule has 114 valence electrons. The number of carbonyl (C=O) groups is 1. The normalized spacial score (nSPS) is 16.4. The zero-order valence-corrected chi connectivity index (χ0v) is 13.0. The number of nitrogens with zero attached hydrogens (tertiary/aromatic N) is 2. The van der Waals surface area contributed by atoms with Gasteiger partial charge in [0.2, 0.25) is 5.13 Å². The van der Waals surface area contributed by atoms with Gasteiger partial charge in [0.05, 0.1) is 0 Å². The highest BCUT2D eigenvalue weighted by Gasteiger charge is 2.27. The Kier molecular flexibility index (Phi) is 3.54. The Labute approximate surface area is 132 Å². The Bertz CT molecular complexity index is 709. The number of aromatic nitrogens is 2. The topological polar surface area (TPSA) is 64.1 Å². The van der Waals surface area contributed by atoms with Crippen molar-refractivity contribution < 1.29 is 9.53 Å². The van der Waals surface area contributed by atoms with Crippen molar-refractivity contribution in [2.45, 2.75) is 38.0 Å². The van der Waals surface area contributed by atoms with Gasteiger partial charge < -0.3 is 4.74 Å². The SMILES string of the molecule is O=C(COc1ccc2c(c1)CCC2)Nc1nnc(C2CC2)s1. The van der Waals surface area contributed by atoms with Crippen LogP contribution < -0.4 is 10.1 Å². The van der Waals surface area contributed by atoms with E-state index in [-0.39, 0.29) is 12.5 Å². The predicted octanol–water partition coefficient (Wildman–Crippen LogP) is 2.92. The van der Waals surface area contributed by atoms with Gasteiger partial charge in [-0.1, -0.05) is 17.4 Å². The summed E-state index contributed by atoms with van der Waals surface area (Å²) in [7, 11) is 0. The van der Waals surface area contributed by atoms with Crippen molar-refractivity contribution in [3.05, 3.63) is 34.3 Å². The lowest BCUT2D eigenvalue weighted by Gasteiger charge is -2.07. The Morgan fingerprint density at radius 1 is 1.27 bits per heavy atom. The van der Waals surface area contributed by atoms with E-state index in [1.165, 1.54) is 41.7 Å². The van der Waals surface area contributed by atoms with Crippen molar-refractivity contribution in [2.75, 3.05) is 11.9 Å². The van der Waals surface area contributed by atoms with Crippen molar-refractivity contribution in [1.82, 2.24) is 10.2 Å². The van der Waals surface area contributed by atoms with Gasteiger partial charge in [-0.25, -0.2) is 0 Å². The summed E-state index contributed by atoms with van der Waals surface area (Å²) in [5, 5.41) is 12.4. The monoisotopic (exact) mass is 315 g/mol. The third-order valence-corrected chi connectivity index (χ3v) is 5.05. The second-order valence-corrected chi connectivity index (χ2v) is 6.85. The molecule has 4 rings (SSSR count). The Morgan fingerprint density at radius 3 is 3.00 bits per heavy atom. The Balaban J connectivity index is 1.31. The zero-order valence-electron chi connectivity index (χ0n) is 12.2. The van der Waals surface area contributed by atoms with Gasteiger partial charge in [0, 0.05) is 5.92 Å². The smallest absolute Gasteiger partial charge is 0.264 e. The zero-order chi connectivity index (χ0) is 14.9. The van der Waals surface area contributed by atoms with Crippen LogP contribution in [0.25, 0.3) is 0 Å². The number of hydrogen-bond donors (Lipinski definition) is 1. The van der Waals surface area contributed by atoms with Crippen LogP contribution in [0, 0.1) is 0 Å². The first kappa shape index (κ1) is 13.7. The minimum Gasteiger partial charge on any atom is -0.484 e. The van der Waals surface area contributed by atoms with Gasteiger partial charge in [0.1, 0.15) is 10.8 Å². The summed E-state index contributed by atoms with van der Waals surface area (Å²) >= 11 is 1.46. The highest BCUT2D eigenvalue weighted by Crippen LogP contribution is 2.42. The molecule has 5 nitrogen and oxygen atoms in total. The second-order valence-electron chi connectivity index (χ2n) is 5.84. The molecule has 0 aliphatic heterocycles. The van der Waals surface area contributed by atoms with Gasteiger partial charge in [0.15, 0.2) is 6.61 Å². The lowest BCUT2D eigenvalue weighted by atomic mass is 10.1. The molecular weight excluding hydrogens is 298 g/mol. The van der Waals surface area contributed by atoms with Crippen molar-refractivity contribution in [1.29, 1.82) is 0 Å². The van der Waals surface area contributed by atoms with Crippen LogP contribution in [0.15, 0.2) is 18.2 Å². The number of anilines is 1. The molecular formula is C16H17N3O2S. The molecule has 0 unspecified atom stereocenters. The summed E-state index contributed by atoms with van der Waals surface area (Å²) in [6.07, 6.45) is 5.83. The predicted molar refractivity (Wildman–Crippen MR) is 84.5 cm³/mol. The molecule has 0 atom stereocenters. The van der Waals surface area contributed by atoms with E-state index in [2.05, 4.69) is 21.6 Å². The van der Waals surface area contributed by atoms with Crippen LogP contribution in [0.1, 0.15) is 41.3 Å². The summed E-state index contributed by atoms with van der Waals surface area (Å²) < 4.78 is 5.58. The third kappa shape index (κ3) is 2.97. The van der Waals surface area contributed by atoms with E-state index in [0.29, 0.717) is 11.0 Å². The number of carbonyl (C=O) groups excluding carboxylic acids is 1. The molecule has 1 fully saturated rings. The third-order valence-electron chi connectivity index (χ3n) is 4.05. The Morgan fingerprint density at radius 2 is 2.14 bits per heavy atom. The fourth-order valence-electron chi connectivity index (χ4n) is 2.72. The van der Waals surface area contributed by atoms with E-state index < -0.39 is 0 Å². The first-order valence-corrected chi connectivity index (χ1v) is 8.47. The molecule has 1 aromatic heterocycles. The van der Waals surface area contributed by atoms with Gasteiger partial charge in [-0.05, 0) is 55.4 Å². The minimum absolute atomic E-state index is 0.00285. The standard InChI is InChI=1S/C16H17N3O2S/c20-14(17-16-19-18-15(22-16)11-4-5-11)9-21-13-7-6-10-2-1-3-12(10)8-13/h6-8,11H,1-5,9H2,(H,17,19,20). The summed E-state index contributed by atoms with van der Waals surface area (Å²) in [5.41, 5.74) is 2.74. The maximum Gasteiger partial charge on any atom is 0.264 e. The fourth-order valence-corrected chi connectivity index (χ4v) is 3.65. The van der Waals surface area contributed by atoms with Gasteiger partial charge in [0.25, 0.3) is 5.91 Å². The maximum absolute atomic E-state index is 11.9. The molecule has 1 aromatic carbocycles. The van der Waals surface area contributed by atoms with E-state index in [4.69, 9.17) is 4.74 Å². The molecule has 1 amide bonds.